The predicted molar refractivity (Wildman–Crippen MR) is 88.1 cm³/mol. The first kappa shape index (κ1) is 13.9. The van der Waals surface area contributed by atoms with Crippen LogP contribution in [-0.4, -0.2) is 40.4 Å². The van der Waals surface area contributed by atoms with Crippen molar-refractivity contribution in [3.8, 4) is 0 Å². The molecule has 1 saturated heterocycles. The molecule has 2 bridgehead atoms. The molecule has 0 radical (unpaired) electrons. The number of fused-ring (bicyclic) bond motifs is 2. The van der Waals surface area contributed by atoms with Crippen molar-refractivity contribution in [3.63, 3.8) is 0 Å². The van der Waals surface area contributed by atoms with E-state index in [2.05, 4.69) is 15.0 Å². The topological polar surface area (TPSA) is 59.7 Å². The van der Waals surface area contributed by atoms with E-state index in [1.165, 1.54) is 28.7 Å². The summed E-state index contributed by atoms with van der Waals surface area (Å²) in [6, 6.07) is 2.01. The number of hydrogen-bond donors (Lipinski definition) is 0. The van der Waals surface area contributed by atoms with Gasteiger partial charge in [-0.1, -0.05) is 18.3 Å². The highest BCUT2D eigenvalue weighted by Crippen LogP contribution is 2.56. The van der Waals surface area contributed by atoms with Crippen molar-refractivity contribution in [1.29, 1.82) is 0 Å². The zero-order chi connectivity index (χ0) is 15.7. The molecule has 0 amide bonds. The molecule has 23 heavy (non-hydrogen) atoms. The molecule has 5 atom stereocenters. The van der Waals surface area contributed by atoms with E-state index < -0.39 is 0 Å². The molecule has 2 aromatic rings. The third-order valence-electron chi connectivity index (χ3n) is 5.98. The first-order valence-corrected chi connectivity index (χ1v) is 9.20. The van der Waals surface area contributed by atoms with Crippen LogP contribution in [0, 0.1) is 17.8 Å². The lowest BCUT2D eigenvalue weighted by atomic mass is 9.88. The normalized spacial score (nSPS) is 34.9. The smallest absolute Gasteiger partial charge is 0.275 e. The van der Waals surface area contributed by atoms with Crippen LogP contribution in [-0.2, 0) is 11.2 Å². The Morgan fingerprint density at radius 1 is 1.39 bits per heavy atom. The molecule has 0 N–H and O–H groups in total. The van der Waals surface area contributed by atoms with Crippen LogP contribution in [0.15, 0.2) is 10.9 Å². The Bertz CT molecular complexity index is 829. The predicted octanol–water partition coefficient (Wildman–Crippen LogP) is 1.57. The van der Waals surface area contributed by atoms with E-state index in [0.717, 1.165) is 35.6 Å². The average Bonchev–Trinajstić information content (AvgIpc) is 3.25. The molecule has 0 spiro atoms. The molecule has 122 valence electrons. The summed E-state index contributed by atoms with van der Waals surface area (Å²) >= 11 is 1.53. The molecule has 2 aromatic heterocycles. The van der Waals surface area contributed by atoms with Gasteiger partial charge in [-0.25, -0.2) is 4.98 Å². The number of nitrogens with zero attached hydrogens (tertiary/aromatic N) is 4. The number of ether oxygens (including phenoxy) is 1. The summed E-state index contributed by atoms with van der Waals surface area (Å²) in [4.78, 5) is 19.9. The summed E-state index contributed by atoms with van der Waals surface area (Å²) < 4.78 is 7.26. The van der Waals surface area contributed by atoms with Crippen molar-refractivity contribution in [2.45, 2.75) is 38.3 Å². The first-order chi connectivity index (χ1) is 11.2. The summed E-state index contributed by atoms with van der Waals surface area (Å²) in [5.74, 6) is 2.19. The monoisotopic (exact) mass is 332 g/mol. The lowest BCUT2D eigenvalue weighted by Gasteiger charge is -2.30. The second-order valence-electron chi connectivity index (χ2n) is 7.02. The SMILES string of the molecule is CCc1cc(=O)n2nc(N3C[C@@H]4C[C@H]5C[C@H]4[C@H]3[C@@H]5OC)sc2n1. The van der Waals surface area contributed by atoms with Crippen molar-refractivity contribution in [3.05, 3.63) is 22.1 Å². The highest BCUT2D eigenvalue weighted by atomic mass is 32.1. The van der Waals surface area contributed by atoms with Gasteiger partial charge in [-0.3, -0.25) is 4.79 Å². The largest absolute Gasteiger partial charge is 0.379 e. The van der Waals surface area contributed by atoms with Crippen LogP contribution in [0.2, 0.25) is 0 Å². The third-order valence-corrected chi connectivity index (χ3v) is 6.93. The first-order valence-electron chi connectivity index (χ1n) is 8.38. The molecule has 7 heteroatoms. The molecule has 1 aliphatic heterocycles. The molecule has 6 nitrogen and oxygen atoms in total. The van der Waals surface area contributed by atoms with Crippen molar-refractivity contribution < 1.29 is 4.74 Å². The van der Waals surface area contributed by atoms with Crippen LogP contribution in [0.25, 0.3) is 4.96 Å². The second kappa shape index (κ2) is 4.77. The Labute approximate surface area is 138 Å². The Hall–Kier alpha value is -1.47. The third kappa shape index (κ3) is 1.80. The van der Waals surface area contributed by atoms with Crippen molar-refractivity contribution in [1.82, 2.24) is 14.6 Å². The maximum Gasteiger partial charge on any atom is 0.275 e. The summed E-state index contributed by atoms with van der Waals surface area (Å²) in [6.45, 7) is 3.06. The summed E-state index contributed by atoms with van der Waals surface area (Å²) in [6.07, 6.45) is 3.64. The van der Waals surface area contributed by atoms with Gasteiger partial charge < -0.3 is 9.64 Å². The zero-order valence-corrected chi connectivity index (χ0v) is 14.1. The van der Waals surface area contributed by atoms with Gasteiger partial charge in [0.25, 0.3) is 5.56 Å². The van der Waals surface area contributed by atoms with Crippen LogP contribution in [0.4, 0.5) is 5.13 Å². The number of anilines is 1. The highest BCUT2D eigenvalue weighted by Gasteiger charge is 2.60. The summed E-state index contributed by atoms with van der Waals surface area (Å²) in [7, 11) is 1.83. The molecule has 0 unspecified atom stereocenters. The quantitative estimate of drug-likeness (QED) is 0.854. The van der Waals surface area contributed by atoms with Crippen molar-refractivity contribution in [2.24, 2.45) is 17.8 Å². The standard InChI is InChI=1S/C16H20N4O2S/c1-3-10-6-12(21)20-15(17-10)23-16(18-20)19-7-9-4-8-5-11(9)13(19)14(8)22-2/h6,8-9,11,13-14H,3-5,7H2,1-2H3/t8-,9-,11+,13-,14+/m0/s1. The molecule has 3 aliphatic rings. The Kier molecular flexibility index (Phi) is 2.89. The molecule has 3 heterocycles. The van der Waals surface area contributed by atoms with Crippen LogP contribution in [0.5, 0.6) is 0 Å². The number of hydrogen-bond acceptors (Lipinski definition) is 6. The van der Waals surface area contributed by atoms with Gasteiger partial charge in [0.15, 0.2) is 0 Å². The molecule has 3 fully saturated rings. The van der Waals surface area contributed by atoms with Gasteiger partial charge in [0, 0.05) is 25.4 Å². The molecule has 5 rings (SSSR count). The number of aromatic nitrogens is 3. The van der Waals surface area contributed by atoms with E-state index in [1.54, 1.807) is 6.07 Å². The van der Waals surface area contributed by atoms with Gasteiger partial charge in [-0.15, -0.1) is 5.10 Å². The van der Waals surface area contributed by atoms with Crippen LogP contribution in [0.3, 0.4) is 0 Å². The minimum atomic E-state index is -0.0795. The minimum Gasteiger partial charge on any atom is -0.379 e. The van der Waals surface area contributed by atoms with E-state index >= 15 is 0 Å². The van der Waals surface area contributed by atoms with E-state index in [4.69, 9.17) is 4.74 Å². The maximum absolute atomic E-state index is 12.2. The van der Waals surface area contributed by atoms with E-state index in [9.17, 15) is 4.79 Å². The van der Waals surface area contributed by atoms with Gasteiger partial charge in [-0.2, -0.15) is 4.52 Å². The molecular weight excluding hydrogens is 312 g/mol. The Morgan fingerprint density at radius 3 is 3.04 bits per heavy atom. The molecular formula is C16H20N4O2S. The molecule has 2 saturated carbocycles. The van der Waals surface area contributed by atoms with Gasteiger partial charge in [0.05, 0.1) is 12.1 Å². The number of aryl methyl sites for hydroxylation is 1. The second-order valence-corrected chi connectivity index (χ2v) is 7.95. The molecule has 0 aromatic carbocycles. The Balaban J connectivity index is 1.59. The summed E-state index contributed by atoms with van der Waals surface area (Å²) in [5, 5.41) is 5.50. The Morgan fingerprint density at radius 2 is 2.26 bits per heavy atom. The number of methoxy groups -OCH3 is 1. The lowest BCUT2D eigenvalue weighted by Crippen LogP contribution is -2.42. The van der Waals surface area contributed by atoms with Crippen LogP contribution >= 0.6 is 11.3 Å². The van der Waals surface area contributed by atoms with Crippen molar-refractivity contribution >= 4 is 21.4 Å². The average molecular weight is 332 g/mol. The van der Waals surface area contributed by atoms with Gasteiger partial charge in [0.1, 0.15) is 0 Å². The van der Waals surface area contributed by atoms with E-state index in [-0.39, 0.29) is 5.56 Å². The van der Waals surface area contributed by atoms with Gasteiger partial charge >= 0.3 is 0 Å². The highest BCUT2D eigenvalue weighted by molar-refractivity contribution is 7.20. The van der Waals surface area contributed by atoms with Crippen molar-refractivity contribution in [2.75, 3.05) is 18.6 Å². The van der Waals surface area contributed by atoms with Crippen LogP contribution in [0.1, 0.15) is 25.5 Å². The van der Waals surface area contributed by atoms with E-state index in [0.29, 0.717) is 23.0 Å². The lowest BCUT2D eigenvalue weighted by molar-refractivity contribution is 0.0447. The van der Waals surface area contributed by atoms with Gasteiger partial charge in [-0.05, 0) is 37.0 Å². The number of rotatable bonds is 3. The summed E-state index contributed by atoms with van der Waals surface area (Å²) in [5.41, 5.74) is 0.756. The minimum absolute atomic E-state index is 0.0795. The van der Waals surface area contributed by atoms with E-state index in [1.807, 2.05) is 14.0 Å². The van der Waals surface area contributed by atoms with Gasteiger partial charge in [0.2, 0.25) is 10.1 Å². The van der Waals surface area contributed by atoms with Crippen LogP contribution < -0.4 is 10.5 Å². The fourth-order valence-electron chi connectivity index (χ4n) is 5.08. The maximum atomic E-state index is 12.2. The fraction of sp³-hybridized carbons (Fsp3) is 0.688. The zero-order valence-electron chi connectivity index (χ0n) is 13.3. The molecule has 2 aliphatic carbocycles. The fourth-order valence-corrected chi connectivity index (χ4v) is 6.06.